The molecule has 0 unspecified atom stereocenters. The molecule has 1 heterocycles. The van der Waals surface area contributed by atoms with Crippen molar-refractivity contribution in [3.63, 3.8) is 0 Å². The number of thioether (sulfide) groups is 1. The number of hydrazine groups is 1. The maximum Gasteiger partial charge on any atom is 0.260 e. The van der Waals surface area contributed by atoms with Gasteiger partial charge in [0.1, 0.15) is 5.03 Å². The second kappa shape index (κ2) is 5.49. The first-order valence-electron chi connectivity index (χ1n) is 5.15. The summed E-state index contributed by atoms with van der Waals surface area (Å²) in [5.41, 5.74) is 3.69. The highest BCUT2D eigenvalue weighted by molar-refractivity contribution is 7.98. The zero-order valence-corrected chi connectivity index (χ0v) is 10.5. The van der Waals surface area contributed by atoms with Crippen molar-refractivity contribution in [3.8, 4) is 11.4 Å². The van der Waals surface area contributed by atoms with E-state index in [9.17, 15) is 0 Å². The Bertz CT molecular complexity index is 566. The molecule has 0 radical (unpaired) electrons. The number of nitrogens with zero attached hydrogens (tertiary/aromatic N) is 3. The highest BCUT2D eigenvalue weighted by Crippen LogP contribution is 2.34. The third-order valence-corrected chi connectivity index (χ3v) is 3.00. The minimum atomic E-state index is 0.350. The third kappa shape index (κ3) is 2.27. The monoisotopic (exact) mass is 257 g/mol. The van der Waals surface area contributed by atoms with Crippen LogP contribution in [0, 0.1) is 6.57 Å². The third-order valence-electron chi connectivity index (χ3n) is 2.33. The Morgan fingerprint density at radius 1 is 1.28 bits per heavy atom. The summed E-state index contributed by atoms with van der Waals surface area (Å²) in [5, 5.41) is 0.617. The second-order valence-corrected chi connectivity index (χ2v) is 4.17. The molecule has 0 atom stereocenters. The fourth-order valence-corrected chi connectivity index (χ4v) is 2.01. The number of hydrogen-bond donors (Lipinski definition) is 2. The van der Waals surface area contributed by atoms with Crippen LogP contribution in [0.25, 0.3) is 16.2 Å². The summed E-state index contributed by atoms with van der Waals surface area (Å²) in [5.74, 6) is 6.31. The van der Waals surface area contributed by atoms with E-state index in [1.807, 2.05) is 36.6 Å². The van der Waals surface area contributed by atoms with E-state index in [1.165, 1.54) is 11.8 Å². The van der Waals surface area contributed by atoms with E-state index in [4.69, 9.17) is 12.4 Å². The molecule has 5 nitrogen and oxygen atoms in total. The van der Waals surface area contributed by atoms with Crippen LogP contribution < -0.4 is 11.3 Å². The van der Waals surface area contributed by atoms with Crippen LogP contribution in [0.5, 0.6) is 0 Å². The number of nitrogens with two attached hydrogens (primary N) is 1. The highest BCUT2D eigenvalue weighted by Gasteiger charge is 2.14. The normalized spacial score (nSPS) is 9.83. The topological polar surface area (TPSA) is 68.2 Å². The van der Waals surface area contributed by atoms with Crippen LogP contribution in [-0.2, 0) is 0 Å². The molecule has 0 saturated heterocycles. The first-order valence-corrected chi connectivity index (χ1v) is 6.38. The Kier molecular flexibility index (Phi) is 3.77. The molecule has 0 saturated carbocycles. The van der Waals surface area contributed by atoms with E-state index >= 15 is 0 Å². The highest BCUT2D eigenvalue weighted by atomic mass is 32.2. The largest absolute Gasteiger partial charge is 0.317 e. The SMILES string of the molecule is [C-]#[N+]c1c(NN)nc(-c2ccccc2)nc1SC. The average molecular weight is 257 g/mol. The number of benzene rings is 1. The molecular weight excluding hydrogens is 246 g/mol. The molecule has 2 rings (SSSR count). The molecule has 0 spiro atoms. The minimum absolute atomic E-state index is 0.350. The van der Waals surface area contributed by atoms with Crippen LogP contribution in [0.3, 0.4) is 0 Å². The molecule has 0 fully saturated rings. The van der Waals surface area contributed by atoms with Gasteiger partial charge in [-0.05, 0) is 6.26 Å². The summed E-state index contributed by atoms with van der Waals surface area (Å²) < 4.78 is 0. The van der Waals surface area contributed by atoms with Crippen LogP contribution in [0.1, 0.15) is 0 Å². The van der Waals surface area contributed by atoms with E-state index in [-0.39, 0.29) is 0 Å². The Morgan fingerprint density at radius 2 is 2.00 bits per heavy atom. The van der Waals surface area contributed by atoms with E-state index in [0.29, 0.717) is 22.4 Å². The van der Waals surface area contributed by atoms with Gasteiger partial charge in [-0.15, -0.1) is 11.8 Å². The maximum atomic E-state index is 7.14. The number of hydrogen-bond acceptors (Lipinski definition) is 5. The summed E-state index contributed by atoms with van der Waals surface area (Å²) in [4.78, 5) is 12.1. The molecule has 1 aromatic carbocycles. The quantitative estimate of drug-likeness (QED) is 0.291. The predicted molar refractivity (Wildman–Crippen MR) is 73.3 cm³/mol. The van der Waals surface area contributed by atoms with Crippen molar-refractivity contribution in [2.24, 2.45) is 5.84 Å². The molecular formula is C12H11N5S. The average Bonchev–Trinajstić information content (AvgIpc) is 2.46. The molecule has 90 valence electrons. The van der Waals surface area contributed by atoms with E-state index in [1.54, 1.807) is 0 Å². The molecule has 1 aromatic heterocycles. The van der Waals surface area contributed by atoms with Gasteiger partial charge in [0.05, 0.1) is 6.57 Å². The van der Waals surface area contributed by atoms with Crippen molar-refractivity contribution < 1.29 is 0 Å². The predicted octanol–water partition coefficient (Wildman–Crippen LogP) is 2.70. The van der Waals surface area contributed by atoms with Gasteiger partial charge in [0.2, 0.25) is 0 Å². The fourth-order valence-electron chi connectivity index (χ4n) is 1.49. The fraction of sp³-hybridized carbons (Fsp3) is 0.0833. The zero-order valence-electron chi connectivity index (χ0n) is 9.71. The van der Waals surface area contributed by atoms with Gasteiger partial charge in [0, 0.05) is 5.56 Å². The van der Waals surface area contributed by atoms with Gasteiger partial charge in [0.15, 0.2) is 11.6 Å². The van der Waals surface area contributed by atoms with Gasteiger partial charge < -0.3 is 5.43 Å². The molecule has 18 heavy (non-hydrogen) atoms. The maximum absolute atomic E-state index is 7.14. The van der Waals surface area contributed by atoms with Gasteiger partial charge in [-0.1, -0.05) is 30.3 Å². The Balaban J connectivity index is 2.62. The molecule has 2 aromatic rings. The van der Waals surface area contributed by atoms with Crippen LogP contribution >= 0.6 is 11.8 Å². The number of aromatic nitrogens is 2. The molecule has 0 bridgehead atoms. The molecule has 3 N–H and O–H groups in total. The Morgan fingerprint density at radius 3 is 2.56 bits per heavy atom. The summed E-state index contributed by atoms with van der Waals surface area (Å²) in [6.07, 6.45) is 1.87. The summed E-state index contributed by atoms with van der Waals surface area (Å²) in [7, 11) is 0. The molecule has 0 aliphatic rings. The van der Waals surface area contributed by atoms with Crippen LogP contribution in [0.4, 0.5) is 11.5 Å². The van der Waals surface area contributed by atoms with E-state index in [0.717, 1.165) is 5.56 Å². The van der Waals surface area contributed by atoms with Gasteiger partial charge in [-0.3, -0.25) is 5.84 Å². The lowest BCUT2D eigenvalue weighted by molar-refractivity contribution is 1.06. The lowest BCUT2D eigenvalue weighted by Crippen LogP contribution is -2.10. The molecule has 0 amide bonds. The standard InChI is InChI=1S/C12H11N5S/c1-14-9-11(17-13)15-10(16-12(9)18-2)8-6-4-3-5-7-8/h3-7H,13H2,2H3,(H,15,16,17). The smallest absolute Gasteiger partial charge is 0.260 e. The van der Waals surface area contributed by atoms with Gasteiger partial charge in [-0.25, -0.2) is 14.8 Å². The van der Waals surface area contributed by atoms with Crippen LogP contribution in [0.15, 0.2) is 35.4 Å². The first kappa shape index (κ1) is 12.4. The van der Waals surface area contributed by atoms with Crippen molar-refractivity contribution in [1.29, 1.82) is 0 Å². The van der Waals surface area contributed by atoms with Crippen LogP contribution in [0.2, 0.25) is 0 Å². The van der Waals surface area contributed by atoms with Crippen molar-refractivity contribution in [3.05, 3.63) is 41.7 Å². The lowest BCUT2D eigenvalue weighted by Gasteiger charge is -2.09. The number of rotatable bonds is 3. The van der Waals surface area contributed by atoms with Crippen molar-refractivity contribution in [1.82, 2.24) is 9.97 Å². The van der Waals surface area contributed by atoms with E-state index < -0.39 is 0 Å². The van der Waals surface area contributed by atoms with Crippen molar-refractivity contribution in [2.75, 3.05) is 11.7 Å². The van der Waals surface area contributed by atoms with Crippen molar-refractivity contribution in [2.45, 2.75) is 5.03 Å². The first-order chi connectivity index (χ1) is 8.80. The Hall–Kier alpha value is -2.10. The van der Waals surface area contributed by atoms with E-state index in [2.05, 4.69) is 20.2 Å². The number of nitrogen functional groups attached to an aromatic ring is 1. The second-order valence-electron chi connectivity index (χ2n) is 3.38. The van der Waals surface area contributed by atoms with Crippen LogP contribution in [-0.4, -0.2) is 16.2 Å². The summed E-state index contributed by atoms with van der Waals surface area (Å²) in [6.45, 7) is 7.14. The summed E-state index contributed by atoms with van der Waals surface area (Å²) >= 11 is 1.40. The molecule has 6 heteroatoms. The number of anilines is 1. The lowest BCUT2D eigenvalue weighted by atomic mass is 10.2. The summed E-state index contributed by atoms with van der Waals surface area (Å²) in [6, 6.07) is 9.58. The van der Waals surface area contributed by atoms with Gasteiger partial charge in [0.25, 0.3) is 5.69 Å². The molecule has 0 aliphatic heterocycles. The van der Waals surface area contributed by atoms with Gasteiger partial charge in [-0.2, -0.15) is 0 Å². The zero-order chi connectivity index (χ0) is 13.0. The van der Waals surface area contributed by atoms with Gasteiger partial charge >= 0.3 is 0 Å². The molecule has 0 aliphatic carbocycles. The number of nitrogens with one attached hydrogen (secondary N) is 1. The van der Waals surface area contributed by atoms with Crippen molar-refractivity contribution >= 4 is 23.3 Å². The Labute approximate surface area is 109 Å². The minimum Gasteiger partial charge on any atom is -0.317 e.